The van der Waals surface area contributed by atoms with Gasteiger partial charge in [0.05, 0.1) is 43.4 Å². The zero-order chi connectivity index (χ0) is 30.3. The van der Waals surface area contributed by atoms with Gasteiger partial charge in [0.15, 0.2) is 11.5 Å². The van der Waals surface area contributed by atoms with Crippen molar-refractivity contribution in [3.8, 4) is 11.5 Å². The second-order valence-corrected chi connectivity index (χ2v) is 13.6. The van der Waals surface area contributed by atoms with Crippen molar-refractivity contribution in [3.63, 3.8) is 0 Å². The minimum atomic E-state index is -0.820. The molecule has 1 aromatic rings. The molecule has 9 nitrogen and oxygen atoms in total. The number of carbonyl (C=O) groups excluding carboxylic acids is 2. The van der Waals surface area contributed by atoms with Gasteiger partial charge in [-0.25, -0.2) is 0 Å². The van der Waals surface area contributed by atoms with Gasteiger partial charge in [-0.1, -0.05) is 39.0 Å². The number of hydrogen-bond acceptors (Lipinski definition) is 7. The largest absolute Gasteiger partial charge is 0.498 e. The number of aliphatic carboxylic acids is 1. The average Bonchev–Trinajstić information content (AvgIpc) is 3.18. The third-order valence-corrected chi connectivity index (χ3v) is 10.1. The molecule has 3 heterocycles. The molecular weight excluding hydrogens is 556 g/mol. The monoisotopic (exact) mass is 596 g/mol. The summed E-state index contributed by atoms with van der Waals surface area (Å²) < 4.78 is 17.5. The zero-order valence-corrected chi connectivity index (χ0v) is 26.0. The summed E-state index contributed by atoms with van der Waals surface area (Å²) in [6, 6.07) is 5.55. The molecule has 0 aromatic heterocycles. The number of likely N-dealkylation sites (tertiary alicyclic amines) is 1. The molecule has 0 bridgehead atoms. The van der Waals surface area contributed by atoms with Crippen molar-refractivity contribution in [1.82, 2.24) is 9.80 Å². The standard InChI is InChI=1S/C32H40N2O7S/c1-18-14-21(20-8-7-9-23(39-5)28(20)40-6)29-27-22(18)16-41-17-25(32(2,3)4)34(27)30(36)24(42-29)15-26(35)33-12-10-19(11-13-33)31(37)38/h7-9,14,16,19,21,24-25H,10-13,15,17H2,1-6H3,(H,37,38)/t21-,24+,25-/m0/s1. The highest BCUT2D eigenvalue weighted by molar-refractivity contribution is 8.04. The number of methoxy groups -OCH3 is 2. The van der Waals surface area contributed by atoms with Crippen LogP contribution in [0, 0.1) is 11.3 Å². The molecule has 1 saturated heterocycles. The van der Waals surface area contributed by atoms with Crippen molar-refractivity contribution < 1.29 is 33.7 Å². The van der Waals surface area contributed by atoms with E-state index in [1.54, 1.807) is 25.4 Å². The number of ether oxygens (including phenoxy) is 3. The highest BCUT2D eigenvalue weighted by atomic mass is 32.2. The maximum atomic E-state index is 14.4. The van der Waals surface area contributed by atoms with Crippen LogP contribution in [0.3, 0.4) is 0 Å². The van der Waals surface area contributed by atoms with Crippen LogP contribution in [0.5, 0.6) is 11.5 Å². The Morgan fingerprint density at radius 1 is 1.14 bits per heavy atom. The number of rotatable bonds is 6. The number of amides is 2. The highest BCUT2D eigenvalue weighted by Gasteiger charge is 2.49. The van der Waals surface area contributed by atoms with Crippen LogP contribution < -0.4 is 9.47 Å². The molecule has 42 heavy (non-hydrogen) atoms. The van der Waals surface area contributed by atoms with E-state index in [9.17, 15) is 19.5 Å². The third kappa shape index (κ3) is 5.41. The van der Waals surface area contributed by atoms with Gasteiger partial charge in [0.1, 0.15) is 6.61 Å². The lowest BCUT2D eigenvalue weighted by Crippen LogP contribution is -2.54. The van der Waals surface area contributed by atoms with E-state index in [2.05, 4.69) is 26.8 Å². The van der Waals surface area contributed by atoms with Crippen LogP contribution in [0.25, 0.3) is 0 Å². The van der Waals surface area contributed by atoms with E-state index in [-0.39, 0.29) is 35.6 Å². The summed E-state index contributed by atoms with van der Waals surface area (Å²) in [5.41, 5.74) is 3.31. The first-order valence-electron chi connectivity index (χ1n) is 14.4. The molecule has 226 valence electrons. The van der Waals surface area contributed by atoms with E-state index in [0.717, 1.165) is 27.3 Å². The average molecular weight is 597 g/mol. The van der Waals surface area contributed by atoms with Gasteiger partial charge in [-0.3, -0.25) is 14.4 Å². The lowest BCUT2D eigenvalue weighted by Gasteiger charge is -2.46. The summed E-state index contributed by atoms with van der Waals surface area (Å²) in [6.45, 7) is 9.43. The summed E-state index contributed by atoms with van der Waals surface area (Å²) >= 11 is 1.45. The number of piperidine rings is 1. The summed E-state index contributed by atoms with van der Waals surface area (Å²) in [7, 11) is 3.23. The Hall–Kier alpha value is -3.40. The number of thioether (sulfide) groups is 1. The van der Waals surface area contributed by atoms with E-state index in [1.165, 1.54) is 11.8 Å². The van der Waals surface area contributed by atoms with Crippen LogP contribution >= 0.6 is 11.8 Å². The maximum Gasteiger partial charge on any atom is 0.306 e. The van der Waals surface area contributed by atoms with Crippen LogP contribution in [0.4, 0.5) is 0 Å². The molecule has 4 aliphatic rings. The van der Waals surface area contributed by atoms with E-state index >= 15 is 0 Å². The van der Waals surface area contributed by atoms with Crippen molar-refractivity contribution >= 4 is 29.5 Å². The lowest BCUT2D eigenvalue weighted by atomic mass is 9.82. The van der Waals surface area contributed by atoms with Gasteiger partial charge in [0, 0.05) is 41.5 Å². The predicted octanol–water partition coefficient (Wildman–Crippen LogP) is 4.95. The van der Waals surface area contributed by atoms with Gasteiger partial charge < -0.3 is 29.1 Å². The number of nitrogens with zero attached hydrogens (tertiary/aromatic N) is 2. The van der Waals surface area contributed by atoms with Crippen LogP contribution in [-0.2, 0) is 19.1 Å². The third-order valence-electron chi connectivity index (χ3n) is 8.73. The van der Waals surface area contributed by atoms with Crippen molar-refractivity contribution in [3.05, 3.63) is 57.8 Å². The zero-order valence-electron chi connectivity index (χ0n) is 25.1. The summed E-state index contributed by atoms with van der Waals surface area (Å²) in [5, 5.41) is 8.74. The molecule has 1 N–H and O–H groups in total. The van der Waals surface area contributed by atoms with Crippen LogP contribution in [0.2, 0.25) is 0 Å². The van der Waals surface area contributed by atoms with Gasteiger partial charge in [-0.05, 0) is 36.8 Å². The van der Waals surface area contributed by atoms with E-state index in [1.807, 2.05) is 30.0 Å². The van der Waals surface area contributed by atoms with E-state index in [4.69, 9.17) is 14.2 Å². The summed E-state index contributed by atoms with van der Waals surface area (Å²) in [6.07, 6.45) is 4.82. The van der Waals surface area contributed by atoms with Crippen molar-refractivity contribution in [2.24, 2.45) is 11.3 Å². The number of carboxylic acids is 1. The molecule has 5 rings (SSSR count). The molecule has 0 saturated carbocycles. The normalized spacial score (nSPS) is 24.7. The van der Waals surface area contributed by atoms with Crippen LogP contribution in [-0.4, -0.2) is 77.9 Å². The first-order chi connectivity index (χ1) is 20.0. The Kier molecular flexibility index (Phi) is 8.38. The van der Waals surface area contributed by atoms with Gasteiger partial charge >= 0.3 is 5.97 Å². The molecule has 3 aliphatic heterocycles. The molecule has 3 atom stereocenters. The van der Waals surface area contributed by atoms with Crippen molar-refractivity contribution in [2.75, 3.05) is 33.9 Å². The SMILES string of the molecule is COc1cccc([C@@H]2C=C(C)C3=COC[C@@H](C(C)(C)C)N4C(=O)[C@@H](CC(=O)N5CCC(C(=O)O)CC5)SC2=C34)c1OC. The van der Waals surface area contributed by atoms with Crippen LogP contribution in [0.1, 0.15) is 58.4 Å². The quantitative estimate of drug-likeness (QED) is 0.492. The molecule has 10 heteroatoms. The van der Waals surface area contributed by atoms with Gasteiger partial charge in [-0.2, -0.15) is 0 Å². The number of carboxylic acid groups (broad SMARTS) is 1. The van der Waals surface area contributed by atoms with Crippen molar-refractivity contribution in [2.45, 2.75) is 64.2 Å². The Balaban J connectivity index is 1.57. The minimum Gasteiger partial charge on any atom is -0.498 e. The van der Waals surface area contributed by atoms with E-state index < -0.39 is 17.1 Å². The summed E-state index contributed by atoms with van der Waals surface area (Å²) in [4.78, 5) is 44.0. The second-order valence-electron chi connectivity index (χ2n) is 12.4. The van der Waals surface area contributed by atoms with Gasteiger partial charge in [0.25, 0.3) is 0 Å². The van der Waals surface area contributed by atoms with Gasteiger partial charge in [0.2, 0.25) is 11.8 Å². The number of para-hydroxylation sites is 1. The molecule has 0 spiro atoms. The number of benzene rings is 1. The Morgan fingerprint density at radius 2 is 1.86 bits per heavy atom. The molecular formula is C32H40N2O7S. The van der Waals surface area contributed by atoms with E-state index in [0.29, 0.717) is 44.0 Å². The molecule has 1 fully saturated rings. The minimum absolute atomic E-state index is 0.0376. The molecule has 0 radical (unpaired) electrons. The smallest absolute Gasteiger partial charge is 0.306 e. The molecule has 1 aromatic carbocycles. The van der Waals surface area contributed by atoms with Crippen molar-refractivity contribution in [1.29, 1.82) is 0 Å². The summed E-state index contributed by atoms with van der Waals surface area (Å²) in [5.74, 6) is -0.459. The number of allylic oxidation sites excluding steroid dienone is 3. The first-order valence-corrected chi connectivity index (χ1v) is 15.3. The van der Waals surface area contributed by atoms with Crippen LogP contribution in [0.15, 0.2) is 52.3 Å². The fourth-order valence-electron chi connectivity index (χ4n) is 6.30. The number of carbonyl (C=O) groups is 3. The second kappa shape index (κ2) is 11.7. The molecule has 1 aliphatic carbocycles. The Labute approximate surface area is 251 Å². The number of hydrogen-bond donors (Lipinski definition) is 1. The topological polar surface area (TPSA) is 106 Å². The Morgan fingerprint density at radius 3 is 2.48 bits per heavy atom. The highest BCUT2D eigenvalue weighted by Crippen LogP contribution is 2.54. The first kappa shape index (κ1) is 30.1. The fraction of sp³-hybridized carbons (Fsp3) is 0.531. The lowest BCUT2D eigenvalue weighted by molar-refractivity contribution is -0.146. The fourth-order valence-corrected chi connectivity index (χ4v) is 7.71. The maximum absolute atomic E-state index is 14.4. The molecule has 0 unspecified atom stereocenters. The van der Waals surface area contributed by atoms with Gasteiger partial charge in [-0.15, -0.1) is 11.8 Å². The predicted molar refractivity (Wildman–Crippen MR) is 160 cm³/mol. The molecule has 2 amide bonds. The Bertz CT molecular complexity index is 1370.